The number of aliphatic hydroxyl groups is 1. The lowest BCUT2D eigenvalue weighted by atomic mass is 10.0. The van der Waals surface area contributed by atoms with Crippen LogP contribution in [0.3, 0.4) is 0 Å². The third-order valence-corrected chi connectivity index (χ3v) is 2.67. The summed E-state index contributed by atoms with van der Waals surface area (Å²) in [4.78, 5) is 22.3. The van der Waals surface area contributed by atoms with Crippen LogP contribution in [0, 0.1) is 0 Å². The summed E-state index contributed by atoms with van der Waals surface area (Å²) < 4.78 is 5.15. The maximum absolute atomic E-state index is 11.6. The zero-order chi connectivity index (χ0) is 13.1. The topological polar surface area (TPSA) is 108 Å². The van der Waals surface area contributed by atoms with Gasteiger partial charge in [0.25, 0.3) is 0 Å². The minimum absolute atomic E-state index is 0.396. The lowest BCUT2D eigenvalue weighted by Crippen LogP contribution is -2.56. The molecule has 4 N–H and O–H groups in total. The molecular formula is C10H18N2O5. The van der Waals surface area contributed by atoms with Crippen molar-refractivity contribution in [1.82, 2.24) is 10.6 Å². The first kappa shape index (κ1) is 13.7. The Morgan fingerprint density at radius 1 is 1.47 bits per heavy atom. The van der Waals surface area contributed by atoms with E-state index < -0.39 is 29.7 Å². The summed E-state index contributed by atoms with van der Waals surface area (Å²) in [6.07, 6.45) is -0.488. The number of aliphatic carboxylic acids is 1. The Balaban J connectivity index is 2.50. The molecular weight excluding hydrogens is 228 g/mol. The number of carboxylic acids is 1. The molecule has 0 aromatic carbocycles. The normalized spacial score (nSPS) is 27.2. The lowest BCUT2D eigenvalue weighted by molar-refractivity contribution is -0.141. The third-order valence-electron chi connectivity index (χ3n) is 2.67. The molecule has 2 amide bonds. The van der Waals surface area contributed by atoms with Crippen molar-refractivity contribution >= 4 is 12.0 Å². The Morgan fingerprint density at radius 2 is 2.12 bits per heavy atom. The average Bonchev–Trinajstić information content (AvgIpc) is 2.60. The SMILES string of the molecule is CC(O)C(NC(=O)NC1(C)CCOC1)C(=O)O. The van der Waals surface area contributed by atoms with E-state index in [1.54, 1.807) is 0 Å². The zero-order valence-electron chi connectivity index (χ0n) is 9.90. The van der Waals surface area contributed by atoms with Crippen molar-refractivity contribution < 1.29 is 24.5 Å². The fourth-order valence-electron chi connectivity index (χ4n) is 1.61. The molecule has 0 radical (unpaired) electrons. The molecule has 1 aliphatic rings. The van der Waals surface area contributed by atoms with E-state index >= 15 is 0 Å². The van der Waals surface area contributed by atoms with Crippen molar-refractivity contribution in [2.75, 3.05) is 13.2 Å². The van der Waals surface area contributed by atoms with Crippen molar-refractivity contribution in [3.63, 3.8) is 0 Å². The minimum Gasteiger partial charge on any atom is -0.480 e. The van der Waals surface area contributed by atoms with Gasteiger partial charge in [0.2, 0.25) is 0 Å². The second-order valence-corrected chi connectivity index (χ2v) is 4.52. The fraction of sp³-hybridized carbons (Fsp3) is 0.800. The van der Waals surface area contributed by atoms with Gasteiger partial charge >= 0.3 is 12.0 Å². The summed E-state index contributed by atoms with van der Waals surface area (Å²) in [5, 5.41) is 22.9. The van der Waals surface area contributed by atoms with E-state index in [-0.39, 0.29) is 0 Å². The van der Waals surface area contributed by atoms with Gasteiger partial charge in [-0.2, -0.15) is 0 Å². The van der Waals surface area contributed by atoms with E-state index in [1.165, 1.54) is 6.92 Å². The van der Waals surface area contributed by atoms with E-state index in [0.29, 0.717) is 19.6 Å². The number of hydrogen-bond donors (Lipinski definition) is 4. The van der Waals surface area contributed by atoms with Crippen molar-refractivity contribution in [2.45, 2.75) is 38.0 Å². The van der Waals surface area contributed by atoms with Gasteiger partial charge in [0, 0.05) is 6.61 Å². The molecule has 0 aliphatic carbocycles. The number of ether oxygens (including phenoxy) is 1. The summed E-state index contributed by atoms with van der Waals surface area (Å²) >= 11 is 0. The maximum atomic E-state index is 11.6. The van der Waals surface area contributed by atoms with Gasteiger partial charge in [-0.05, 0) is 20.3 Å². The summed E-state index contributed by atoms with van der Waals surface area (Å²) in [7, 11) is 0. The van der Waals surface area contributed by atoms with E-state index in [1.807, 2.05) is 6.92 Å². The molecule has 0 spiro atoms. The second kappa shape index (κ2) is 5.33. The van der Waals surface area contributed by atoms with Crippen LogP contribution in [0.2, 0.25) is 0 Å². The molecule has 0 bridgehead atoms. The van der Waals surface area contributed by atoms with E-state index in [4.69, 9.17) is 9.84 Å². The Bertz CT molecular complexity index is 299. The van der Waals surface area contributed by atoms with E-state index in [0.717, 1.165) is 0 Å². The maximum Gasteiger partial charge on any atom is 0.328 e. The molecule has 0 saturated carbocycles. The number of hydrogen-bond acceptors (Lipinski definition) is 4. The van der Waals surface area contributed by atoms with Crippen LogP contribution in [-0.4, -0.2) is 53.1 Å². The number of carbonyl (C=O) groups excluding carboxylic acids is 1. The molecule has 1 saturated heterocycles. The van der Waals surface area contributed by atoms with E-state index in [2.05, 4.69) is 10.6 Å². The first-order valence-corrected chi connectivity index (χ1v) is 5.41. The molecule has 1 aliphatic heterocycles. The van der Waals surface area contributed by atoms with Crippen molar-refractivity contribution in [2.24, 2.45) is 0 Å². The predicted octanol–water partition coefficient (Wildman–Crippen LogP) is -0.701. The lowest BCUT2D eigenvalue weighted by Gasteiger charge is -2.25. The molecule has 1 heterocycles. The Kier molecular flexibility index (Phi) is 4.30. The van der Waals surface area contributed by atoms with Crippen molar-refractivity contribution in [3.05, 3.63) is 0 Å². The highest BCUT2D eigenvalue weighted by atomic mass is 16.5. The van der Waals surface area contributed by atoms with Gasteiger partial charge in [-0.1, -0.05) is 0 Å². The molecule has 7 nitrogen and oxygen atoms in total. The Hall–Kier alpha value is -1.34. The standard InChI is InChI=1S/C10H18N2O5/c1-6(13)7(8(14)15)11-9(16)12-10(2)3-4-17-5-10/h6-7,13H,3-5H2,1-2H3,(H,14,15)(H2,11,12,16). The smallest absolute Gasteiger partial charge is 0.328 e. The fourth-order valence-corrected chi connectivity index (χ4v) is 1.61. The highest BCUT2D eigenvalue weighted by Gasteiger charge is 2.33. The van der Waals surface area contributed by atoms with E-state index in [9.17, 15) is 14.7 Å². The molecule has 98 valence electrons. The monoisotopic (exact) mass is 246 g/mol. The van der Waals surface area contributed by atoms with Crippen LogP contribution in [0.15, 0.2) is 0 Å². The van der Waals surface area contributed by atoms with Crippen LogP contribution in [0.4, 0.5) is 4.79 Å². The van der Waals surface area contributed by atoms with Crippen LogP contribution >= 0.6 is 0 Å². The molecule has 1 fully saturated rings. The van der Waals surface area contributed by atoms with Gasteiger partial charge in [-0.3, -0.25) is 0 Å². The Labute approximate surface area is 99.1 Å². The highest BCUT2D eigenvalue weighted by molar-refractivity contribution is 5.83. The number of carbonyl (C=O) groups is 2. The van der Waals surface area contributed by atoms with Gasteiger partial charge in [0.05, 0.1) is 18.2 Å². The molecule has 0 aromatic rings. The largest absolute Gasteiger partial charge is 0.480 e. The predicted molar refractivity (Wildman–Crippen MR) is 58.6 cm³/mol. The van der Waals surface area contributed by atoms with Gasteiger partial charge in [-0.25, -0.2) is 9.59 Å². The number of amides is 2. The molecule has 3 atom stereocenters. The number of urea groups is 1. The summed E-state index contributed by atoms with van der Waals surface area (Å²) in [6, 6.07) is -1.94. The van der Waals surface area contributed by atoms with Crippen LogP contribution < -0.4 is 10.6 Å². The summed E-state index contributed by atoms with van der Waals surface area (Å²) in [6.45, 7) is 4.08. The number of aliphatic hydroxyl groups excluding tert-OH is 1. The van der Waals surface area contributed by atoms with Gasteiger partial charge in [0.1, 0.15) is 0 Å². The summed E-state index contributed by atoms with van der Waals surface area (Å²) in [5.41, 5.74) is -0.480. The number of nitrogens with one attached hydrogen (secondary N) is 2. The van der Waals surface area contributed by atoms with Crippen LogP contribution in [0.25, 0.3) is 0 Å². The first-order valence-electron chi connectivity index (χ1n) is 5.41. The molecule has 1 rings (SSSR count). The Morgan fingerprint density at radius 3 is 2.53 bits per heavy atom. The quantitative estimate of drug-likeness (QED) is 0.524. The zero-order valence-corrected chi connectivity index (χ0v) is 9.90. The third kappa shape index (κ3) is 3.86. The van der Waals surface area contributed by atoms with Gasteiger partial charge in [0.15, 0.2) is 6.04 Å². The molecule has 7 heteroatoms. The van der Waals surface area contributed by atoms with Gasteiger partial charge in [-0.15, -0.1) is 0 Å². The molecule has 3 unspecified atom stereocenters. The summed E-state index contributed by atoms with van der Waals surface area (Å²) in [5.74, 6) is -1.28. The van der Waals surface area contributed by atoms with Crippen LogP contribution in [-0.2, 0) is 9.53 Å². The van der Waals surface area contributed by atoms with Gasteiger partial charge < -0.3 is 25.6 Å². The van der Waals surface area contributed by atoms with Crippen LogP contribution in [0.5, 0.6) is 0 Å². The average molecular weight is 246 g/mol. The van der Waals surface area contributed by atoms with Crippen molar-refractivity contribution in [1.29, 1.82) is 0 Å². The minimum atomic E-state index is -1.32. The number of carboxylic acid groups (broad SMARTS) is 1. The molecule has 17 heavy (non-hydrogen) atoms. The van der Waals surface area contributed by atoms with Crippen molar-refractivity contribution in [3.8, 4) is 0 Å². The highest BCUT2D eigenvalue weighted by Crippen LogP contribution is 2.17. The van der Waals surface area contributed by atoms with Crippen LogP contribution in [0.1, 0.15) is 20.3 Å². The molecule has 0 aromatic heterocycles. The number of rotatable bonds is 4. The first-order chi connectivity index (χ1) is 7.84. The second-order valence-electron chi connectivity index (χ2n) is 4.52.